The Hall–Kier alpha value is -2.17. The highest BCUT2D eigenvalue weighted by Gasteiger charge is 2.26. The predicted molar refractivity (Wildman–Crippen MR) is 62.0 cm³/mol. The fourth-order valence-corrected chi connectivity index (χ4v) is 1.67. The maximum absolute atomic E-state index is 11.2. The number of nitrogens with two attached hydrogens (primary N) is 1. The number of urea groups is 1. The van der Waals surface area contributed by atoms with Crippen molar-refractivity contribution < 1.29 is 14.3 Å². The lowest BCUT2D eigenvalue weighted by atomic mass is 10.2. The van der Waals surface area contributed by atoms with Crippen molar-refractivity contribution in [3.8, 4) is 5.75 Å². The summed E-state index contributed by atoms with van der Waals surface area (Å²) in [5.41, 5.74) is 6.07. The summed E-state index contributed by atoms with van der Waals surface area (Å²) in [5, 5.41) is 0. The molecule has 0 aliphatic carbocycles. The van der Waals surface area contributed by atoms with Crippen LogP contribution in [0.25, 0.3) is 0 Å². The largest absolute Gasteiger partial charge is 0.494 e. The summed E-state index contributed by atoms with van der Waals surface area (Å²) in [6.07, 6.45) is 2.45. The van der Waals surface area contributed by atoms with Gasteiger partial charge in [0.2, 0.25) is 6.23 Å². The van der Waals surface area contributed by atoms with Crippen LogP contribution in [0.1, 0.15) is 18.7 Å². The normalized spacial score (nSPS) is 17.9. The smallest absolute Gasteiger partial charge is 0.322 e. The van der Waals surface area contributed by atoms with Gasteiger partial charge in [0.25, 0.3) is 0 Å². The Morgan fingerprint density at radius 1 is 1.59 bits per heavy atom. The number of primary amides is 1. The average molecular weight is 234 g/mol. The zero-order valence-electron chi connectivity index (χ0n) is 9.50. The zero-order chi connectivity index (χ0) is 12.3. The van der Waals surface area contributed by atoms with Gasteiger partial charge in [-0.05, 0) is 19.1 Å². The Morgan fingerprint density at radius 3 is 3.12 bits per heavy atom. The molecule has 0 radical (unpaired) electrons. The summed E-state index contributed by atoms with van der Waals surface area (Å²) < 4.78 is 10.7. The first-order valence-corrected chi connectivity index (χ1v) is 5.35. The van der Waals surface area contributed by atoms with Gasteiger partial charge in [0.15, 0.2) is 0 Å². The van der Waals surface area contributed by atoms with Crippen LogP contribution in [0.3, 0.4) is 0 Å². The van der Waals surface area contributed by atoms with Crippen LogP contribution in [0.4, 0.5) is 4.79 Å². The molecule has 0 saturated carbocycles. The van der Waals surface area contributed by atoms with Gasteiger partial charge in [0.1, 0.15) is 12.0 Å². The predicted octanol–water partition coefficient (Wildman–Crippen LogP) is 1.97. The van der Waals surface area contributed by atoms with Gasteiger partial charge >= 0.3 is 6.03 Å². The number of ether oxygens (including phenoxy) is 2. The van der Waals surface area contributed by atoms with E-state index in [1.807, 2.05) is 31.2 Å². The van der Waals surface area contributed by atoms with Gasteiger partial charge in [-0.2, -0.15) is 0 Å². The van der Waals surface area contributed by atoms with E-state index in [2.05, 4.69) is 0 Å². The topological polar surface area (TPSA) is 64.8 Å². The molecule has 1 heterocycles. The standard InChI is InChI=1S/C12H14N2O3/c1-2-16-10-5-3-4-9(8-10)11-14(12(13)15)6-7-17-11/h3-8,11H,2H2,1H3,(H2,13,15). The third-order valence-corrected chi connectivity index (χ3v) is 2.39. The number of rotatable bonds is 3. The lowest BCUT2D eigenvalue weighted by Crippen LogP contribution is -2.32. The van der Waals surface area contributed by atoms with Gasteiger partial charge in [-0.25, -0.2) is 4.79 Å². The van der Waals surface area contributed by atoms with Crippen LogP contribution in [0.5, 0.6) is 5.75 Å². The zero-order valence-corrected chi connectivity index (χ0v) is 9.50. The molecule has 1 unspecified atom stereocenters. The minimum atomic E-state index is -0.550. The monoisotopic (exact) mass is 234 g/mol. The Kier molecular flexibility index (Phi) is 3.18. The molecule has 17 heavy (non-hydrogen) atoms. The third kappa shape index (κ3) is 2.33. The molecule has 0 fully saturated rings. The molecule has 1 aliphatic rings. The van der Waals surface area contributed by atoms with Gasteiger partial charge in [-0.15, -0.1) is 0 Å². The molecule has 0 bridgehead atoms. The number of hydrogen-bond donors (Lipinski definition) is 1. The molecule has 1 aromatic rings. The molecule has 0 aromatic heterocycles. The minimum absolute atomic E-state index is 0.507. The molecule has 1 aromatic carbocycles. The van der Waals surface area contributed by atoms with E-state index in [1.165, 1.54) is 17.4 Å². The highest BCUT2D eigenvalue weighted by Crippen LogP contribution is 2.29. The minimum Gasteiger partial charge on any atom is -0.494 e. The van der Waals surface area contributed by atoms with E-state index in [0.717, 1.165) is 11.3 Å². The molecular formula is C12H14N2O3. The van der Waals surface area contributed by atoms with Gasteiger partial charge in [-0.3, -0.25) is 4.90 Å². The first kappa shape index (κ1) is 11.3. The second kappa shape index (κ2) is 4.78. The van der Waals surface area contributed by atoms with Gasteiger partial charge < -0.3 is 15.2 Å². The second-order valence-corrected chi connectivity index (χ2v) is 3.52. The lowest BCUT2D eigenvalue weighted by molar-refractivity contribution is 0.0775. The van der Waals surface area contributed by atoms with E-state index in [0.29, 0.717) is 6.61 Å². The SMILES string of the molecule is CCOc1cccc(C2OC=CN2C(N)=O)c1. The van der Waals surface area contributed by atoms with E-state index in [9.17, 15) is 4.79 Å². The molecule has 1 atom stereocenters. The maximum Gasteiger partial charge on any atom is 0.322 e. The molecule has 5 heteroatoms. The van der Waals surface area contributed by atoms with Crippen LogP contribution >= 0.6 is 0 Å². The quantitative estimate of drug-likeness (QED) is 0.869. The number of amides is 2. The molecule has 90 valence electrons. The molecule has 5 nitrogen and oxygen atoms in total. The fourth-order valence-electron chi connectivity index (χ4n) is 1.67. The molecule has 0 spiro atoms. The summed E-state index contributed by atoms with van der Waals surface area (Å²) in [6.45, 7) is 2.50. The van der Waals surface area contributed by atoms with E-state index in [4.69, 9.17) is 15.2 Å². The molecule has 2 rings (SSSR count). The Balaban J connectivity index is 2.22. The van der Waals surface area contributed by atoms with Crippen molar-refractivity contribution >= 4 is 6.03 Å². The Labute approximate surface area is 99.4 Å². The van der Waals surface area contributed by atoms with Crippen LogP contribution in [-0.4, -0.2) is 17.5 Å². The highest BCUT2D eigenvalue weighted by molar-refractivity contribution is 5.74. The van der Waals surface area contributed by atoms with Gasteiger partial charge in [0, 0.05) is 11.8 Å². The molecule has 1 aliphatic heterocycles. The fraction of sp³-hybridized carbons (Fsp3) is 0.250. The Morgan fingerprint density at radius 2 is 2.41 bits per heavy atom. The summed E-state index contributed by atoms with van der Waals surface area (Å²) in [4.78, 5) is 12.5. The van der Waals surface area contributed by atoms with Crippen molar-refractivity contribution in [3.63, 3.8) is 0 Å². The van der Waals surface area contributed by atoms with Crippen molar-refractivity contribution in [2.75, 3.05) is 6.61 Å². The van der Waals surface area contributed by atoms with E-state index < -0.39 is 12.3 Å². The third-order valence-electron chi connectivity index (χ3n) is 2.39. The average Bonchev–Trinajstić information content (AvgIpc) is 2.79. The lowest BCUT2D eigenvalue weighted by Gasteiger charge is -2.21. The summed E-state index contributed by atoms with van der Waals surface area (Å²) in [6, 6.07) is 6.84. The van der Waals surface area contributed by atoms with Crippen LogP contribution in [-0.2, 0) is 4.74 Å². The van der Waals surface area contributed by atoms with Crippen molar-refractivity contribution in [2.24, 2.45) is 5.73 Å². The summed E-state index contributed by atoms with van der Waals surface area (Å²) in [7, 11) is 0. The van der Waals surface area contributed by atoms with Crippen LogP contribution < -0.4 is 10.5 Å². The summed E-state index contributed by atoms with van der Waals surface area (Å²) in [5.74, 6) is 0.741. The number of carbonyl (C=O) groups excluding carboxylic acids is 1. The second-order valence-electron chi connectivity index (χ2n) is 3.52. The molecule has 2 amide bonds. The van der Waals surface area contributed by atoms with Crippen molar-refractivity contribution in [2.45, 2.75) is 13.2 Å². The van der Waals surface area contributed by atoms with Crippen molar-refractivity contribution in [3.05, 3.63) is 42.3 Å². The highest BCUT2D eigenvalue weighted by atomic mass is 16.5. The number of carbonyl (C=O) groups is 1. The van der Waals surface area contributed by atoms with Gasteiger partial charge in [-0.1, -0.05) is 12.1 Å². The Bertz CT molecular complexity index is 445. The molecule has 0 saturated heterocycles. The first-order chi connectivity index (χ1) is 8.22. The van der Waals surface area contributed by atoms with Gasteiger partial charge in [0.05, 0.1) is 6.61 Å². The summed E-state index contributed by atoms with van der Waals surface area (Å²) >= 11 is 0. The maximum atomic E-state index is 11.2. The molecule has 2 N–H and O–H groups in total. The number of benzene rings is 1. The number of hydrogen-bond acceptors (Lipinski definition) is 3. The van der Waals surface area contributed by atoms with Crippen molar-refractivity contribution in [1.82, 2.24) is 4.90 Å². The van der Waals surface area contributed by atoms with Crippen molar-refractivity contribution in [1.29, 1.82) is 0 Å². The van der Waals surface area contributed by atoms with Crippen LogP contribution in [0.15, 0.2) is 36.7 Å². The van der Waals surface area contributed by atoms with E-state index >= 15 is 0 Å². The van der Waals surface area contributed by atoms with E-state index in [-0.39, 0.29) is 0 Å². The van der Waals surface area contributed by atoms with E-state index in [1.54, 1.807) is 0 Å². The first-order valence-electron chi connectivity index (χ1n) is 5.35. The van der Waals surface area contributed by atoms with Crippen LogP contribution in [0.2, 0.25) is 0 Å². The molecular weight excluding hydrogens is 220 g/mol. The van der Waals surface area contributed by atoms with Crippen LogP contribution in [0, 0.1) is 0 Å². The number of nitrogens with zero attached hydrogens (tertiary/aromatic N) is 1.